The van der Waals surface area contributed by atoms with Crippen molar-refractivity contribution in [1.82, 2.24) is 14.8 Å². The van der Waals surface area contributed by atoms with Crippen LogP contribution in [0.4, 0.5) is 5.82 Å². The molecular formula is C9H7ClN4O3. The molecule has 2 aromatic heterocycles. The second-order valence-corrected chi connectivity index (χ2v) is 3.47. The number of nitrogens with zero attached hydrogens (tertiary/aromatic N) is 4. The molecule has 88 valence electrons. The predicted octanol–water partition coefficient (Wildman–Crippen LogP) is 1.84. The minimum atomic E-state index is -0.574. The van der Waals surface area contributed by atoms with Crippen LogP contribution in [0.3, 0.4) is 0 Å². The van der Waals surface area contributed by atoms with Gasteiger partial charge in [0.15, 0.2) is 0 Å². The van der Waals surface area contributed by atoms with Crippen molar-refractivity contribution in [1.29, 1.82) is 0 Å². The molecule has 17 heavy (non-hydrogen) atoms. The first-order valence-corrected chi connectivity index (χ1v) is 4.89. The van der Waals surface area contributed by atoms with Crippen LogP contribution in [-0.4, -0.2) is 26.8 Å². The number of hydrogen-bond donors (Lipinski definition) is 0. The highest BCUT2D eigenvalue weighted by molar-refractivity contribution is 6.32. The summed E-state index contributed by atoms with van der Waals surface area (Å²) in [5.41, 5.74) is 0.518. The number of rotatable bonds is 3. The van der Waals surface area contributed by atoms with E-state index < -0.39 is 4.92 Å². The molecular weight excluding hydrogens is 248 g/mol. The number of nitro groups is 1. The average Bonchev–Trinajstić information content (AvgIpc) is 2.78. The zero-order valence-electron chi connectivity index (χ0n) is 8.70. The molecule has 2 heterocycles. The van der Waals surface area contributed by atoms with Crippen LogP contribution >= 0.6 is 11.6 Å². The van der Waals surface area contributed by atoms with E-state index in [1.165, 1.54) is 30.3 Å². The van der Waals surface area contributed by atoms with Gasteiger partial charge in [-0.15, -0.1) is 4.68 Å². The van der Waals surface area contributed by atoms with Crippen molar-refractivity contribution in [3.8, 4) is 11.6 Å². The lowest BCUT2D eigenvalue weighted by molar-refractivity contribution is -0.389. The summed E-state index contributed by atoms with van der Waals surface area (Å²) in [7, 11) is 1.45. The molecule has 0 fully saturated rings. The summed E-state index contributed by atoms with van der Waals surface area (Å²) in [6.45, 7) is 0. The highest BCUT2D eigenvalue weighted by atomic mass is 35.5. The number of ether oxygens (including phenoxy) is 1. The van der Waals surface area contributed by atoms with E-state index in [0.717, 1.165) is 0 Å². The average molecular weight is 255 g/mol. The maximum atomic E-state index is 10.5. The summed E-state index contributed by atoms with van der Waals surface area (Å²) >= 11 is 5.89. The molecule has 0 aliphatic carbocycles. The molecule has 0 unspecified atom stereocenters. The van der Waals surface area contributed by atoms with E-state index in [1.54, 1.807) is 6.07 Å². The fraction of sp³-hybridized carbons (Fsp3) is 0.111. The van der Waals surface area contributed by atoms with E-state index in [0.29, 0.717) is 10.7 Å². The minimum absolute atomic E-state index is 0.239. The molecule has 0 spiro atoms. The van der Waals surface area contributed by atoms with Gasteiger partial charge in [-0.25, -0.2) is 4.98 Å². The van der Waals surface area contributed by atoms with Gasteiger partial charge >= 0.3 is 5.82 Å². The SMILES string of the molecule is COc1ncc(-n2ccc([N+](=O)[O-])n2)cc1Cl. The Labute approximate surface area is 101 Å². The highest BCUT2D eigenvalue weighted by Gasteiger charge is 2.13. The minimum Gasteiger partial charge on any atom is -0.480 e. The molecule has 7 nitrogen and oxygen atoms in total. The number of halogens is 1. The van der Waals surface area contributed by atoms with Crippen LogP contribution in [0.2, 0.25) is 5.02 Å². The van der Waals surface area contributed by atoms with Crippen molar-refractivity contribution in [2.24, 2.45) is 0 Å². The van der Waals surface area contributed by atoms with Crippen LogP contribution in [0.25, 0.3) is 5.69 Å². The zero-order valence-corrected chi connectivity index (χ0v) is 9.46. The van der Waals surface area contributed by atoms with Crippen molar-refractivity contribution in [2.45, 2.75) is 0 Å². The van der Waals surface area contributed by atoms with Crippen molar-refractivity contribution >= 4 is 17.4 Å². The van der Waals surface area contributed by atoms with E-state index in [2.05, 4.69) is 10.1 Å². The Morgan fingerprint density at radius 1 is 1.59 bits per heavy atom. The van der Waals surface area contributed by atoms with Crippen LogP contribution in [0.15, 0.2) is 24.5 Å². The third-order valence-electron chi connectivity index (χ3n) is 2.01. The summed E-state index contributed by atoms with van der Waals surface area (Å²) in [4.78, 5) is 13.8. The van der Waals surface area contributed by atoms with Crippen LogP contribution < -0.4 is 4.74 Å². The summed E-state index contributed by atoms with van der Waals surface area (Å²) in [5.74, 6) is 0.0500. The molecule has 0 atom stereocenters. The monoisotopic (exact) mass is 254 g/mol. The number of aromatic nitrogens is 3. The Hall–Kier alpha value is -2.15. The Balaban J connectivity index is 2.39. The molecule has 0 aliphatic rings. The first-order valence-electron chi connectivity index (χ1n) is 4.52. The van der Waals surface area contributed by atoms with Crippen molar-refractivity contribution < 1.29 is 9.66 Å². The Morgan fingerprint density at radius 2 is 2.35 bits per heavy atom. The number of pyridine rings is 1. The zero-order chi connectivity index (χ0) is 12.4. The van der Waals surface area contributed by atoms with Gasteiger partial charge in [-0.1, -0.05) is 11.6 Å². The van der Waals surface area contributed by atoms with Crippen molar-refractivity contribution in [3.63, 3.8) is 0 Å². The Bertz CT molecular complexity index is 569. The largest absolute Gasteiger partial charge is 0.480 e. The van der Waals surface area contributed by atoms with Gasteiger partial charge in [-0.3, -0.25) is 0 Å². The topological polar surface area (TPSA) is 83.1 Å². The molecule has 0 saturated heterocycles. The fourth-order valence-corrected chi connectivity index (χ4v) is 1.48. The lowest BCUT2D eigenvalue weighted by atomic mass is 10.4. The lowest BCUT2D eigenvalue weighted by Crippen LogP contribution is -1.98. The van der Waals surface area contributed by atoms with Crippen LogP contribution in [0.1, 0.15) is 0 Å². The third kappa shape index (κ3) is 2.18. The molecule has 2 aromatic rings. The second-order valence-electron chi connectivity index (χ2n) is 3.06. The van der Waals surface area contributed by atoms with Gasteiger partial charge in [-0.2, -0.15) is 0 Å². The van der Waals surface area contributed by atoms with Gasteiger partial charge in [0.2, 0.25) is 5.88 Å². The predicted molar refractivity (Wildman–Crippen MR) is 59.6 cm³/mol. The Kier molecular flexibility index (Phi) is 2.92. The van der Waals surface area contributed by atoms with Gasteiger partial charge in [0.25, 0.3) is 0 Å². The maximum Gasteiger partial charge on any atom is 0.390 e. The number of methoxy groups -OCH3 is 1. The maximum absolute atomic E-state index is 10.5. The fourth-order valence-electron chi connectivity index (χ4n) is 1.25. The van der Waals surface area contributed by atoms with E-state index >= 15 is 0 Å². The summed E-state index contributed by atoms with van der Waals surface area (Å²) < 4.78 is 6.21. The van der Waals surface area contributed by atoms with Gasteiger partial charge in [0.1, 0.15) is 10.7 Å². The van der Waals surface area contributed by atoms with Crippen LogP contribution in [0, 0.1) is 10.1 Å². The smallest absolute Gasteiger partial charge is 0.390 e. The van der Waals surface area contributed by atoms with E-state index in [-0.39, 0.29) is 11.7 Å². The third-order valence-corrected chi connectivity index (χ3v) is 2.28. The first kappa shape index (κ1) is 11.3. The summed E-state index contributed by atoms with van der Waals surface area (Å²) in [6.07, 6.45) is 2.92. The van der Waals surface area contributed by atoms with E-state index in [4.69, 9.17) is 16.3 Å². The summed E-state index contributed by atoms with van der Waals surface area (Å²) in [6, 6.07) is 2.85. The molecule has 0 N–H and O–H groups in total. The van der Waals surface area contributed by atoms with Gasteiger partial charge in [-0.05, 0) is 11.0 Å². The van der Waals surface area contributed by atoms with Crippen LogP contribution in [-0.2, 0) is 0 Å². The van der Waals surface area contributed by atoms with E-state index in [9.17, 15) is 10.1 Å². The molecule has 0 aromatic carbocycles. The molecule has 0 aliphatic heterocycles. The van der Waals surface area contributed by atoms with Crippen molar-refractivity contribution in [3.05, 3.63) is 39.7 Å². The highest BCUT2D eigenvalue weighted by Crippen LogP contribution is 2.23. The second kappa shape index (κ2) is 4.38. The summed E-state index contributed by atoms with van der Waals surface area (Å²) in [5, 5.41) is 14.5. The van der Waals surface area contributed by atoms with E-state index in [1.807, 2.05) is 0 Å². The lowest BCUT2D eigenvalue weighted by Gasteiger charge is -2.02. The standard InChI is InChI=1S/C9H7ClN4O3/c1-17-9-7(10)4-6(5-11-9)13-3-2-8(12-13)14(15)16/h2-5H,1H3. The number of hydrogen-bond acceptors (Lipinski definition) is 5. The van der Waals surface area contributed by atoms with Crippen molar-refractivity contribution in [2.75, 3.05) is 7.11 Å². The molecule has 0 amide bonds. The normalized spacial score (nSPS) is 10.2. The molecule has 0 radical (unpaired) electrons. The van der Waals surface area contributed by atoms with Gasteiger partial charge in [0, 0.05) is 0 Å². The molecule has 0 saturated carbocycles. The van der Waals surface area contributed by atoms with Crippen LogP contribution in [0.5, 0.6) is 5.88 Å². The van der Waals surface area contributed by atoms with Gasteiger partial charge < -0.3 is 14.9 Å². The molecule has 0 bridgehead atoms. The van der Waals surface area contributed by atoms with Gasteiger partial charge in [0.05, 0.1) is 30.7 Å². The first-order chi connectivity index (χ1) is 8.11. The Morgan fingerprint density at radius 3 is 2.88 bits per heavy atom. The molecule has 2 rings (SSSR count). The quantitative estimate of drug-likeness (QED) is 0.616. The molecule has 8 heteroatoms.